The van der Waals surface area contributed by atoms with Gasteiger partial charge in [0.05, 0.1) is 6.10 Å². The van der Waals surface area contributed by atoms with Gasteiger partial charge < -0.3 is 15.4 Å². The molecule has 1 saturated heterocycles. The summed E-state index contributed by atoms with van der Waals surface area (Å²) in [6.07, 6.45) is 2.68. The molecule has 1 aromatic carbocycles. The Kier molecular flexibility index (Phi) is 3.53. The fraction of sp³-hybridized carbons (Fsp3) is 0.667. The fourth-order valence-electron chi connectivity index (χ4n) is 4.46. The van der Waals surface area contributed by atoms with Gasteiger partial charge in [-0.15, -0.1) is 0 Å². The number of aryl methyl sites for hydroxylation is 1. The molecule has 3 atom stereocenters. The molecule has 3 unspecified atom stereocenters. The van der Waals surface area contributed by atoms with Crippen molar-refractivity contribution in [1.82, 2.24) is 0 Å². The van der Waals surface area contributed by atoms with Crippen LogP contribution in [0.4, 0.5) is 5.69 Å². The van der Waals surface area contributed by atoms with Crippen molar-refractivity contribution >= 4 is 5.69 Å². The van der Waals surface area contributed by atoms with Gasteiger partial charge in [0.1, 0.15) is 0 Å². The second kappa shape index (κ2) is 4.99. The smallest absolute Gasteiger partial charge is 0.0690 e. The maximum Gasteiger partial charge on any atom is 0.0690 e. The third kappa shape index (κ3) is 2.09. The van der Waals surface area contributed by atoms with E-state index in [9.17, 15) is 0 Å². The van der Waals surface area contributed by atoms with Gasteiger partial charge in [0, 0.05) is 42.8 Å². The van der Waals surface area contributed by atoms with Crippen LogP contribution in [0.2, 0.25) is 0 Å². The van der Waals surface area contributed by atoms with Crippen molar-refractivity contribution in [2.24, 2.45) is 17.1 Å². The van der Waals surface area contributed by atoms with Gasteiger partial charge in [-0.1, -0.05) is 32.0 Å². The van der Waals surface area contributed by atoms with Gasteiger partial charge in [-0.2, -0.15) is 0 Å². The normalized spacial score (nSPS) is 34.0. The number of fused-ring (bicyclic) bond motifs is 1. The SMILES string of the molecule is Cc1ccccc1N(C)CC1(N)C2CCCOC2C1(C)C. The molecule has 1 aromatic rings. The van der Waals surface area contributed by atoms with Crippen LogP contribution in [0.15, 0.2) is 24.3 Å². The molecule has 1 aliphatic carbocycles. The molecule has 2 fully saturated rings. The zero-order chi connectivity index (χ0) is 15.3. The molecular formula is C18H28N2O. The Hall–Kier alpha value is -1.06. The summed E-state index contributed by atoms with van der Waals surface area (Å²) in [5.41, 5.74) is 9.35. The monoisotopic (exact) mass is 288 g/mol. The molecule has 21 heavy (non-hydrogen) atoms. The minimum Gasteiger partial charge on any atom is -0.377 e. The molecule has 0 aromatic heterocycles. The predicted molar refractivity (Wildman–Crippen MR) is 87.6 cm³/mol. The lowest BCUT2D eigenvalue weighted by Gasteiger charge is -2.67. The van der Waals surface area contributed by atoms with Crippen molar-refractivity contribution in [2.75, 3.05) is 25.1 Å². The Balaban J connectivity index is 1.81. The molecule has 2 aliphatic rings. The quantitative estimate of drug-likeness (QED) is 0.929. The van der Waals surface area contributed by atoms with Gasteiger partial charge in [0.15, 0.2) is 0 Å². The van der Waals surface area contributed by atoms with E-state index in [4.69, 9.17) is 10.5 Å². The number of rotatable bonds is 3. The number of likely N-dealkylation sites (N-methyl/N-ethyl adjacent to an activating group) is 1. The highest BCUT2D eigenvalue weighted by molar-refractivity contribution is 5.53. The van der Waals surface area contributed by atoms with Crippen LogP contribution in [0.3, 0.4) is 0 Å². The van der Waals surface area contributed by atoms with Gasteiger partial charge in [-0.25, -0.2) is 0 Å². The van der Waals surface area contributed by atoms with Crippen LogP contribution in [0, 0.1) is 18.3 Å². The van der Waals surface area contributed by atoms with E-state index in [0.717, 1.165) is 19.6 Å². The number of hydrogen-bond acceptors (Lipinski definition) is 3. The number of ether oxygens (including phenoxy) is 1. The second-order valence-electron chi connectivity index (χ2n) is 7.44. The molecule has 2 N–H and O–H groups in total. The van der Waals surface area contributed by atoms with Crippen molar-refractivity contribution in [3.63, 3.8) is 0 Å². The molecule has 0 bridgehead atoms. The number of hydrogen-bond donors (Lipinski definition) is 1. The first-order chi connectivity index (χ1) is 9.88. The fourth-order valence-corrected chi connectivity index (χ4v) is 4.46. The van der Waals surface area contributed by atoms with Crippen molar-refractivity contribution in [1.29, 1.82) is 0 Å². The Morgan fingerprint density at radius 3 is 2.76 bits per heavy atom. The van der Waals surface area contributed by atoms with E-state index in [1.807, 2.05) is 0 Å². The average molecular weight is 288 g/mol. The maximum atomic E-state index is 6.90. The summed E-state index contributed by atoms with van der Waals surface area (Å²) >= 11 is 0. The van der Waals surface area contributed by atoms with Gasteiger partial charge in [0.25, 0.3) is 0 Å². The number of nitrogens with zero attached hydrogens (tertiary/aromatic N) is 1. The summed E-state index contributed by atoms with van der Waals surface area (Å²) in [6, 6.07) is 8.52. The first kappa shape index (κ1) is 14.9. The Labute approximate surface area is 128 Å². The van der Waals surface area contributed by atoms with Crippen LogP contribution >= 0.6 is 0 Å². The number of para-hydroxylation sites is 1. The van der Waals surface area contributed by atoms with Crippen molar-refractivity contribution in [2.45, 2.75) is 45.3 Å². The van der Waals surface area contributed by atoms with Crippen LogP contribution in [0.25, 0.3) is 0 Å². The topological polar surface area (TPSA) is 38.5 Å². The van der Waals surface area contributed by atoms with Crippen molar-refractivity contribution in [3.05, 3.63) is 29.8 Å². The van der Waals surface area contributed by atoms with E-state index in [-0.39, 0.29) is 11.0 Å². The Morgan fingerprint density at radius 1 is 1.33 bits per heavy atom. The van der Waals surface area contributed by atoms with Gasteiger partial charge in [-0.3, -0.25) is 0 Å². The lowest BCUT2D eigenvalue weighted by atomic mass is 9.46. The first-order valence-corrected chi connectivity index (χ1v) is 8.05. The molecule has 1 aliphatic heterocycles. The third-order valence-corrected chi connectivity index (χ3v) is 5.92. The number of nitrogens with two attached hydrogens (primary N) is 1. The Morgan fingerprint density at radius 2 is 2.05 bits per heavy atom. The van der Waals surface area contributed by atoms with E-state index in [1.165, 1.54) is 17.7 Å². The maximum absolute atomic E-state index is 6.90. The molecule has 3 nitrogen and oxygen atoms in total. The van der Waals surface area contributed by atoms with Crippen molar-refractivity contribution in [3.8, 4) is 0 Å². The molecule has 1 saturated carbocycles. The van der Waals surface area contributed by atoms with E-state index < -0.39 is 0 Å². The van der Waals surface area contributed by atoms with Crippen LogP contribution in [0.5, 0.6) is 0 Å². The van der Waals surface area contributed by atoms with Gasteiger partial charge >= 0.3 is 0 Å². The summed E-state index contributed by atoms with van der Waals surface area (Å²) in [6.45, 7) is 8.48. The lowest BCUT2D eigenvalue weighted by molar-refractivity contribution is -0.224. The van der Waals surface area contributed by atoms with Gasteiger partial charge in [0.2, 0.25) is 0 Å². The molecule has 116 valence electrons. The highest BCUT2D eigenvalue weighted by Gasteiger charge is 2.66. The summed E-state index contributed by atoms with van der Waals surface area (Å²) in [7, 11) is 2.16. The van der Waals surface area contributed by atoms with Crippen LogP contribution < -0.4 is 10.6 Å². The van der Waals surface area contributed by atoms with Crippen molar-refractivity contribution < 1.29 is 4.74 Å². The largest absolute Gasteiger partial charge is 0.377 e. The molecule has 0 radical (unpaired) electrons. The first-order valence-electron chi connectivity index (χ1n) is 8.05. The molecule has 3 heteroatoms. The molecule has 3 rings (SSSR count). The highest BCUT2D eigenvalue weighted by atomic mass is 16.5. The zero-order valence-electron chi connectivity index (χ0n) is 13.7. The predicted octanol–water partition coefficient (Wildman–Crippen LogP) is 2.96. The minimum absolute atomic E-state index is 0.0367. The summed E-state index contributed by atoms with van der Waals surface area (Å²) in [5.74, 6) is 0.493. The minimum atomic E-state index is -0.172. The lowest BCUT2D eigenvalue weighted by Crippen LogP contribution is -2.80. The highest BCUT2D eigenvalue weighted by Crippen LogP contribution is 2.57. The standard InChI is InChI=1S/C18H28N2O/c1-13-8-5-6-10-15(13)20(4)12-18(19)14-9-7-11-21-16(14)17(18,2)3/h5-6,8,10,14,16H,7,9,11-12,19H2,1-4H3. The van der Waals surface area contributed by atoms with Crippen LogP contribution in [-0.2, 0) is 4.74 Å². The van der Waals surface area contributed by atoms with Crippen LogP contribution in [0.1, 0.15) is 32.3 Å². The summed E-state index contributed by atoms with van der Waals surface area (Å²) in [4.78, 5) is 2.32. The second-order valence-corrected chi connectivity index (χ2v) is 7.44. The number of anilines is 1. The molecule has 0 amide bonds. The molecule has 1 heterocycles. The third-order valence-electron chi connectivity index (χ3n) is 5.92. The van der Waals surface area contributed by atoms with E-state index in [1.54, 1.807) is 0 Å². The molecular weight excluding hydrogens is 260 g/mol. The summed E-state index contributed by atoms with van der Waals surface area (Å²) < 4.78 is 6.00. The zero-order valence-corrected chi connectivity index (χ0v) is 13.7. The summed E-state index contributed by atoms with van der Waals surface area (Å²) in [5, 5.41) is 0. The number of benzene rings is 1. The van der Waals surface area contributed by atoms with Crippen LogP contribution in [-0.4, -0.2) is 31.8 Å². The average Bonchev–Trinajstić information content (AvgIpc) is 2.47. The van der Waals surface area contributed by atoms with Gasteiger partial charge in [-0.05, 0) is 31.4 Å². The van der Waals surface area contributed by atoms with E-state index in [2.05, 4.69) is 57.0 Å². The van der Waals surface area contributed by atoms with E-state index in [0.29, 0.717) is 12.0 Å². The van der Waals surface area contributed by atoms with E-state index >= 15 is 0 Å². The molecule has 0 spiro atoms. The Bertz CT molecular complexity index is 528.